The van der Waals surface area contributed by atoms with Crippen molar-refractivity contribution in [1.82, 2.24) is 9.97 Å². The quantitative estimate of drug-likeness (QED) is 0.938. The number of aromatic nitrogens is 2. The molecular formula is C11H10BrN3O. The number of rotatable bonds is 3. The predicted molar refractivity (Wildman–Crippen MR) is 65.8 cm³/mol. The summed E-state index contributed by atoms with van der Waals surface area (Å²) in [6, 6.07) is 9.34. The van der Waals surface area contributed by atoms with Gasteiger partial charge in [-0.15, -0.1) is 0 Å². The summed E-state index contributed by atoms with van der Waals surface area (Å²) in [7, 11) is 1.80. The largest absolute Gasteiger partial charge is 0.438 e. The van der Waals surface area contributed by atoms with Crippen LogP contribution in [-0.4, -0.2) is 17.0 Å². The molecule has 0 aliphatic rings. The number of hydrogen-bond acceptors (Lipinski definition) is 4. The minimum atomic E-state index is 0.506. The number of hydrogen-bond donors (Lipinski definition) is 1. The van der Waals surface area contributed by atoms with Crippen LogP contribution in [0.1, 0.15) is 0 Å². The van der Waals surface area contributed by atoms with Gasteiger partial charge in [0.15, 0.2) is 0 Å². The monoisotopic (exact) mass is 279 g/mol. The van der Waals surface area contributed by atoms with Crippen LogP contribution in [-0.2, 0) is 0 Å². The lowest BCUT2D eigenvalue weighted by atomic mass is 10.3. The van der Waals surface area contributed by atoms with Gasteiger partial charge >= 0.3 is 0 Å². The molecule has 4 nitrogen and oxygen atoms in total. The molecule has 0 bridgehead atoms. The van der Waals surface area contributed by atoms with Crippen LogP contribution in [0.4, 0.5) is 5.82 Å². The van der Waals surface area contributed by atoms with Gasteiger partial charge in [0, 0.05) is 13.1 Å². The maximum Gasteiger partial charge on any atom is 0.224 e. The van der Waals surface area contributed by atoms with Gasteiger partial charge in [-0.25, -0.2) is 9.97 Å². The fourth-order valence-corrected chi connectivity index (χ4v) is 1.54. The Bertz CT molecular complexity index is 490. The first kappa shape index (κ1) is 10.9. The summed E-state index contributed by atoms with van der Waals surface area (Å²) < 4.78 is 6.50. The second-order valence-electron chi connectivity index (χ2n) is 3.02. The van der Waals surface area contributed by atoms with Gasteiger partial charge < -0.3 is 10.1 Å². The lowest BCUT2D eigenvalue weighted by Gasteiger charge is -2.06. The molecule has 16 heavy (non-hydrogen) atoms. The van der Waals surface area contributed by atoms with Crippen LogP contribution in [0.25, 0.3) is 0 Å². The van der Waals surface area contributed by atoms with E-state index < -0.39 is 0 Å². The molecule has 0 spiro atoms. The van der Waals surface area contributed by atoms with E-state index in [1.54, 1.807) is 13.1 Å². The maximum absolute atomic E-state index is 5.61. The molecule has 0 aliphatic carbocycles. The van der Waals surface area contributed by atoms with Gasteiger partial charge in [-0.3, -0.25) is 0 Å². The summed E-state index contributed by atoms with van der Waals surface area (Å²) in [6.07, 6.45) is 1.46. The minimum Gasteiger partial charge on any atom is -0.438 e. The molecule has 0 atom stereocenters. The van der Waals surface area contributed by atoms with Crippen molar-refractivity contribution in [1.29, 1.82) is 0 Å². The molecule has 0 amide bonds. The van der Waals surface area contributed by atoms with Crippen LogP contribution in [0.5, 0.6) is 11.6 Å². The van der Waals surface area contributed by atoms with E-state index in [1.165, 1.54) is 6.33 Å². The average molecular weight is 280 g/mol. The highest BCUT2D eigenvalue weighted by atomic mass is 79.9. The van der Waals surface area contributed by atoms with Crippen molar-refractivity contribution in [2.75, 3.05) is 12.4 Å². The summed E-state index contributed by atoms with van der Waals surface area (Å²) in [6.45, 7) is 0. The molecule has 1 heterocycles. The van der Waals surface area contributed by atoms with Crippen LogP contribution in [0.3, 0.4) is 0 Å². The first-order valence-corrected chi connectivity index (χ1v) is 5.51. The lowest BCUT2D eigenvalue weighted by Crippen LogP contribution is -1.95. The van der Waals surface area contributed by atoms with E-state index in [2.05, 4.69) is 31.2 Å². The Morgan fingerprint density at radius 2 is 2.06 bits per heavy atom. The summed E-state index contributed by atoms with van der Waals surface area (Å²) >= 11 is 3.41. The minimum absolute atomic E-state index is 0.506. The Labute approximate surface area is 102 Å². The number of halogens is 1. The molecule has 1 aromatic heterocycles. The average Bonchev–Trinajstić information content (AvgIpc) is 2.32. The van der Waals surface area contributed by atoms with Gasteiger partial charge in [0.05, 0.1) is 4.47 Å². The van der Waals surface area contributed by atoms with E-state index in [1.807, 2.05) is 24.3 Å². The van der Waals surface area contributed by atoms with Gasteiger partial charge in [-0.05, 0) is 28.1 Å². The van der Waals surface area contributed by atoms with E-state index in [0.717, 1.165) is 16.0 Å². The molecule has 0 saturated heterocycles. The van der Waals surface area contributed by atoms with Crippen molar-refractivity contribution in [2.24, 2.45) is 0 Å². The molecule has 0 fully saturated rings. The SMILES string of the molecule is CNc1cc(Oc2ccccc2Br)ncn1. The van der Waals surface area contributed by atoms with E-state index in [9.17, 15) is 0 Å². The summed E-state index contributed by atoms with van der Waals surface area (Å²) in [5.41, 5.74) is 0. The van der Waals surface area contributed by atoms with Crippen molar-refractivity contribution in [2.45, 2.75) is 0 Å². The lowest BCUT2D eigenvalue weighted by molar-refractivity contribution is 0.459. The molecule has 1 aromatic carbocycles. The number of para-hydroxylation sites is 1. The first-order valence-electron chi connectivity index (χ1n) is 4.72. The number of anilines is 1. The van der Waals surface area contributed by atoms with Crippen molar-refractivity contribution in [3.8, 4) is 11.6 Å². The molecular weight excluding hydrogens is 270 g/mol. The van der Waals surface area contributed by atoms with Crippen LogP contribution in [0, 0.1) is 0 Å². The Kier molecular flexibility index (Phi) is 3.36. The maximum atomic E-state index is 5.61. The van der Waals surface area contributed by atoms with Crippen molar-refractivity contribution >= 4 is 21.7 Å². The first-order chi connectivity index (χ1) is 7.79. The molecule has 82 valence electrons. The molecule has 0 aliphatic heterocycles. The molecule has 0 unspecified atom stereocenters. The van der Waals surface area contributed by atoms with Crippen molar-refractivity contribution in [3.05, 3.63) is 41.1 Å². The molecule has 2 aromatic rings. The fraction of sp³-hybridized carbons (Fsp3) is 0.0909. The number of nitrogens with zero attached hydrogens (tertiary/aromatic N) is 2. The second-order valence-corrected chi connectivity index (χ2v) is 3.88. The molecule has 0 radical (unpaired) electrons. The standard InChI is InChI=1S/C11H10BrN3O/c1-13-10-6-11(15-7-14-10)16-9-5-3-2-4-8(9)12/h2-7H,1H3,(H,13,14,15). The van der Waals surface area contributed by atoms with E-state index >= 15 is 0 Å². The van der Waals surface area contributed by atoms with Crippen LogP contribution in [0.15, 0.2) is 41.1 Å². The zero-order valence-corrected chi connectivity index (χ0v) is 10.2. The topological polar surface area (TPSA) is 47.0 Å². The summed E-state index contributed by atoms with van der Waals surface area (Å²) in [4.78, 5) is 8.04. The van der Waals surface area contributed by atoms with Gasteiger partial charge in [-0.2, -0.15) is 0 Å². The van der Waals surface area contributed by atoms with Crippen molar-refractivity contribution < 1.29 is 4.74 Å². The predicted octanol–water partition coefficient (Wildman–Crippen LogP) is 3.07. The van der Waals surface area contributed by atoms with Crippen LogP contribution >= 0.6 is 15.9 Å². The third-order valence-corrected chi connectivity index (χ3v) is 2.60. The Morgan fingerprint density at radius 1 is 1.25 bits per heavy atom. The number of benzene rings is 1. The summed E-state index contributed by atoms with van der Waals surface area (Å²) in [5.74, 6) is 1.95. The van der Waals surface area contributed by atoms with Gasteiger partial charge in [0.25, 0.3) is 0 Å². The third kappa shape index (κ3) is 2.49. The van der Waals surface area contributed by atoms with E-state index in [0.29, 0.717) is 5.88 Å². The number of nitrogens with one attached hydrogen (secondary N) is 1. The normalized spacial score (nSPS) is 9.88. The molecule has 2 rings (SSSR count). The Morgan fingerprint density at radius 3 is 2.81 bits per heavy atom. The van der Waals surface area contributed by atoms with Gasteiger partial charge in [0.2, 0.25) is 5.88 Å². The Hall–Kier alpha value is -1.62. The van der Waals surface area contributed by atoms with Gasteiger partial charge in [0.1, 0.15) is 17.9 Å². The second kappa shape index (κ2) is 4.94. The highest BCUT2D eigenvalue weighted by molar-refractivity contribution is 9.10. The van der Waals surface area contributed by atoms with Crippen LogP contribution < -0.4 is 10.1 Å². The molecule has 1 N–H and O–H groups in total. The van der Waals surface area contributed by atoms with E-state index in [-0.39, 0.29) is 0 Å². The van der Waals surface area contributed by atoms with Crippen molar-refractivity contribution in [3.63, 3.8) is 0 Å². The van der Waals surface area contributed by atoms with Gasteiger partial charge in [-0.1, -0.05) is 12.1 Å². The number of ether oxygens (including phenoxy) is 1. The fourth-order valence-electron chi connectivity index (χ4n) is 1.17. The highest BCUT2D eigenvalue weighted by Crippen LogP contribution is 2.28. The Balaban J connectivity index is 2.24. The van der Waals surface area contributed by atoms with Crippen LogP contribution in [0.2, 0.25) is 0 Å². The zero-order valence-electron chi connectivity index (χ0n) is 8.64. The highest BCUT2D eigenvalue weighted by Gasteiger charge is 2.03. The smallest absolute Gasteiger partial charge is 0.224 e. The molecule has 5 heteroatoms. The third-order valence-electron chi connectivity index (χ3n) is 1.95. The summed E-state index contributed by atoms with van der Waals surface area (Å²) in [5, 5.41) is 2.92. The van der Waals surface area contributed by atoms with E-state index in [4.69, 9.17) is 4.74 Å². The molecule has 0 saturated carbocycles. The zero-order chi connectivity index (χ0) is 11.4.